The van der Waals surface area contributed by atoms with Crippen LogP contribution in [0.2, 0.25) is 0 Å². The van der Waals surface area contributed by atoms with Crippen LogP contribution in [0.15, 0.2) is 21.7 Å². The molecule has 0 amide bonds. The molecule has 0 aromatic carbocycles. The van der Waals surface area contributed by atoms with Gasteiger partial charge < -0.3 is 15.3 Å². The zero-order chi connectivity index (χ0) is 24.8. The smallest absolute Gasteiger partial charge is 0.475 e. The number of aromatic nitrogens is 4. The van der Waals surface area contributed by atoms with E-state index in [1.807, 2.05) is 23.6 Å². The van der Waals surface area contributed by atoms with Gasteiger partial charge in [-0.05, 0) is 13.8 Å². The molecule has 10 nitrogen and oxygen atoms in total. The first-order chi connectivity index (χ1) is 15.5. The highest BCUT2D eigenvalue weighted by molar-refractivity contribution is 5.75. The Bertz CT molecular complexity index is 1210. The Morgan fingerprint density at radius 2 is 1.85 bits per heavy atom. The first-order valence-electron chi connectivity index (χ1n) is 10.0. The lowest BCUT2D eigenvalue weighted by Crippen LogP contribution is -2.44. The van der Waals surface area contributed by atoms with Gasteiger partial charge in [0.05, 0.1) is 6.54 Å². The average Bonchev–Trinajstić information content (AvgIpc) is 3.16. The van der Waals surface area contributed by atoms with Gasteiger partial charge in [0.2, 0.25) is 5.95 Å². The van der Waals surface area contributed by atoms with E-state index >= 15 is 0 Å². The molecule has 2 aromatic rings. The van der Waals surface area contributed by atoms with Crippen molar-refractivity contribution in [1.82, 2.24) is 24.0 Å². The van der Waals surface area contributed by atoms with Gasteiger partial charge in [-0.1, -0.05) is 18.1 Å². The first kappa shape index (κ1) is 25.7. The highest BCUT2D eigenvalue weighted by Gasteiger charge is 2.38. The van der Waals surface area contributed by atoms with Gasteiger partial charge in [-0.2, -0.15) is 18.2 Å². The lowest BCUT2D eigenvalue weighted by atomic mass is 10.4. The zero-order valence-electron chi connectivity index (χ0n) is 18.4. The van der Waals surface area contributed by atoms with E-state index in [1.165, 1.54) is 11.6 Å². The number of carboxylic acid groups (broad SMARTS) is 1. The number of anilines is 1. The van der Waals surface area contributed by atoms with Gasteiger partial charge in [0.15, 0.2) is 11.2 Å². The minimum Gasteiger partial charge on any atom is -0.475 e. The molecule has 0 atom stereocenters. The van der Waals surface area contributed by atoms with Gasteiger partial charge in [0.1, 0.15) is 0 Å². The Labute approximate surface area is 186 Å². The normalized spacial score (nSPS) is 14.1. The van der Waals surface area contributed by atoms with E-state index in [0.717, 1.165) is 30.7 Å². The minimum absolute atomic E-state index is 0.339. The number of carboxylic acids is 1. The molecule has 0 aliphatic carbocycles. The van der Waals surface area contributed by atoms with Crippen molar-refractivity contribution in [2.45, 2.75) is 33.1 Å². The molecule has 13 heteroatoms. The molecule has 0 unspecified atom stereocenters. The van der Waals surface area contributed by atoms with Crippen LogP contribution in [0.5, 0.6) is 0 Å². The summed E-state index contributed by atoms with van der Waals surface area (Å²) >= 11 is 0. The van der Waals surface area contributed by atoms with Crippen molar-refractivity contribution in [2.75, 3.05) is 31.1 Å². The summed E-state index contributed by atoms with van der Waals surface area (Å²) < 4.78 is 36.3. The fourth-order valence-electron chi connectivity index (χ4n) is 3.13. The van der Waals surface area contributed by atoms with Crippen LogP contribution in [0, 0.1) is 11.8 Å². The number of piperazine rings is 1. The van der Waals surface area contributed by atoms with Gasteiger partial charge in [0.25, 0.3) is 5.56 Å². The van der Waals surface area contributed by atoms with Crippen molar-refractivity contribution < 1.29 is 23.1 Å². The summed E-state index contributed by atoms with van der Waals surface area (Å²) in [4.78, 5) is 41.2. The summed E-state index contributed by atoms with van der Waals surface area (Å²) in [5, 5.41) is 10.4. The molecule has 0 saturated carbocycles. The Kier molecular flexibility index (Phi) is 8.47. The van der Waals surface area contributed by atoms with E-state index in [4.69, 9.17) is 14.9 Å². The van der Waals surface area contributed by atoms with E-state index in [9.17, 15) is 22.8 Å². The highest BCUT2D eigenvalue weighted by Crippen LogP contribution is 2.20. The second-order valence-corrected chi connectivity index (χ2v) is 6.96. The minimum atomic E-state index is -5.08. The average molecular weight is 470 g/mol. The number of nitrogens with zero attached hydrogens (tertiary/aromatic N) is 5. The van der Waals surface area contributed by atoms with Crippen LogP contribution in [0.3, 0.4) is 0 Å². The van der Waals surface area contributed by atoms with Gasteiger partial charge in [-0.25, -0.2) is 9.59 Å². The predicted octanol–water partition coefficient (Wildman–Crippen LogP) is 0.539. The van der Waals surface area contributed by atoms with Crippen molar-refractivity contribution >= 4 is 23.1 Å². The van der Waals surface area contributed by atoms with Crippen molar-refractivity contribution in [3.8, 4) is 11.8 Å². The largest absolute Gasteiger partial charge is 0.490 e. The maximum atomic E-state index is 12.8. The number of nitrogens with one attached hydrogen (secondary N) is 1. The number of halogens is 3. The Hall–Kier alpha value is -3.53. The van der Waals surface area contributed by atoms with Crippen LogP contribution in [-0.2, 0) is 24.9 Å². The monoisotopic (exact) mass is 470 g/mol. The van der Waals surface area contributed by atoms with E-state index in [0.29, 0.717) is 30.2 Å². The quantitative estimate of drug-likeness (QED) is 0.495. The predicted molar refractivity (Wildman–Crippen MR) is 116 cm³/mol. The number of allylic oxidation sites excluding steroid dienone is 2. The maximum Gasteiger partial charge on any atom is 0.490 e. The summed E-state index contributed by atoms with van der Waals surface area (Å²) in [7, 11) is 1.50. The van der Waals surface area contributed by atoms with Gasteiger partial charge in [-0.15, -0.1) is 5.92 Å². The van der Waals surface area contributed by atoms with Gasteiger partial charge >= 0.3 is 17.8 Å². The fraction of sp³-hybridized carbons (Fsp3) is 0.500. The van der Waals surface area contributed by atoms with Crippen LogP contribution >= 0.6 is 0 Å². The number of imidazole rings is 1. The molecule has 1 fully saturated rings. The van der Waals surface area contributed by atoms with Crippen molar-refractivity contribution in [1.29, 1.82) is 0 Å². The van der Waals surface area contributed by atoms with Crippen LogP contribution in [0.4, 0.5) is 19.1 Å². The van der Waals surface area contributed by atoms with Gasteiger partial charge in [-0.3, -0.25) is 18.5 Å². The molecule has 3 heterocycles. The van der Waals surface area contributed by atoms with Crippen LogP contribution in [-0.4, -0.2) is 62.1 Å². The number of hydrogen-bond acceptors (Lipinski definition) is 6. The molecule has 2 N–H and O–H groups in total. The number of alkyl halides is 3. The Morgan fingerprint density at radius 1 is 1.24 bits per heavy atom. The summed E-state index contributed by atoms with van der Waals surface area (Å²) in [6.07, 6.45) is -1.33. The summed E-state index contributed by atoms with van der Waals surface area (Å²) in [5.41, 5.74) is 0.141. The molecule has 0 bridgehead atoms. The van der Waals surface area contributed by atoms with Crippen LogP contribution in [0.1, 0.15) is 13.8 Å². The Morgan fingerprint density at radius 3 is 2.36 bits per heavy atom. The van der Waals surface area contributed by atoms with Crippen molar-refractivity contribution in [3.05, 3.63) is 33.0 Å². The number of aliphatic carboxylic acids is 1. The maximum absolute atomic E-state index is 12.8. The molecular weight excluding hydrogens is 445 g/mol. The fourth-order valence-corrected chi connectivity index (χ4v) is 3.13. The lowest BCUT2D eigenvalue weighted by molar-refractivity contribution is -0.192. The van der Waals surface area contributed by atoms with Crippen molar-refractivity contribution in [3.63, 3.8) is 0 Å². The zero-order valence-corrected chi connectivity index (χ0v) is 18.4. The van der Waals surface area contributed by atoms with E-state index < -0.39 is 12.1 Å². The molecule has 1 aliphatic heterocycles. The van der Waals surface area contributed by atoms with Crippen molar-refractivity contribution in [2.24, 2.45) is 7.05 Å². The highest BCUT2D eigenvalue weighted by atomic mass is 19.4. The third kappa shape index (κ3) is 5.83. The Balaban J connectivity index is 0.000000479. The molecule has 1 aliphatic rings. The van der Waals surface area contributed by atoms with E-state index in [1.54, 1.807) is 6.92 Å². The van der Waals surface area contributed by atoms with Gasteiger partial charge in [0, 0.05) is 39.8 Å². The summed E-state index contributed by atoms with van der Waals surface area (Å²) in [5.74, 6) is 3.84. The second kappa shape index (κ2) is 10.9. The molecular formula is C20H25F3N6O4. The third-order valence-electron chi connectivity index (χ3n) is 4.79. The first-order valence-corrected chi connectivity index (χ1v) is 10.0. The lowest BCUT2D eigenvalue weighted by Gasteiger charge is -2.28. The summed E-state index contributed by atoms with van der Waals surface area (Å²) in [6, 6.07) is 0. The van der Waals surface area contributed by atoms with E-state index in [2.05, 4.69) is 22.1 Å². The van der Waals surface area contributed by atoms with Crippen LogP contribution < -0.4 is 21.5 Å². The van der Waals surface area contributed by atoms with Crippen LogP contribution in [0.25, 0.3) is 11.2 Å². The standard InChI is InChI=1S/C18H24N6O2.C2HF3O2/c1-4-6-10-23-14-15(20-17(23)22-12-8-19-9-13-22)24(11-7-5-2)18(26)21(3)16(14)25;3-2(4,5)1(6)7/h5,7,19H,8-13H2,1-3H3;(H,6,7)/b7-5+;. The number of fused-ring (bicyclic) bond motifs is 1. The number of hydrogen-bond donors (Lipinski definition) is 2. The number of rotatable bonds is 4. The summed E-state index contributed by atoms with van der Waals surface area (Å²) in [6.45, 7) is 7.69. The molecule has 1 saturated heterocycles. The SMILES string of the molecule is CC#CCn1c(N2CCNCC2)nc2c1c(=O)n(C)c(=O)n2C/C=C/C.O=C(O)C(F)(F)F. The molecule has 0 spiro atoms. The third-order valence-corrected chi connectivity index (χ3v) is 4.79. The molecule has 180 valence electrons. The molecule has 33 heavy (non-hydrogen) atoms. The topological polar surface area (TPSA) is 114 Å². The molecule has 3 rings (SSSR count). The number of carbonyl (C=O) groups is 1. The molecule has 2 aromatic heterocycles. The van der Waals surface area contributed by atoms with E-state index in [-0.39, 0.29) is 11.2 Å². The second-order valence-electron chi connectivity index (χ2n) is 6.96. The molecule has 0 radical (unpaired) electrons.